The molecule has 188 valence electrons. The van der Waals surface area contributed by atoms with E-state index in [9.17, 15) is 4.79 Å². The number of piperidine rings is 1. The van der Waals surface area contributed by atoms with Crippen LogP contribution in [0.3, 0.4) is 0 Å². The van der Waals surface area contributed by atoms with E-state index < -0.39 is 0 Å². The van der Waals surface area contributed by atoms with Crippen molar-refractivity contribution in [3.63, 3.8) is 0 Å². The van der Waals surface area contributed by atoms with Crippen LogP contribution in [0.4, 0.5) is 5.95 Å². The molecule has 0 bridgehead atoms. The van der Waals surface area contributed by atoms with Crippen LogP contribution < -0.4 is 9.64 Å². The van der Waals surface area contributed by atoms with Crippen LogP contribution in [0.25, 0.3) is 16.7 Å². The molecule has 4 aromatic rings. The molecule has 0 saturated carbocycles. The van der Waals surface area contributed by atoms with Crippen LogP contribution in [0.15, 0.2) is 48.2 Å². The molecule has 4 heterocycles. The normalized spacial score (nSPS) is 14.5. The van der Waals surface area contributed by atoms with Gasteiger partial charge in [-0.3, -0.25) is 4.79 Å². The molecule has 0 radical (unpaired) electrons. The molecule has 1 saturated heterocycles. The zero-order valence-electron chi connectivity index (χ0n) is 20.9. The summed E-state index contributed by atoms with van der Waals surface area (Å²) in [5, 5.41) is 3.75. The van der Waals surface area contributed by atoms with Crippen molar-refractivity contribution in [2.24, 2.45) is 0 Å². The van der Waals surface area contributed by atoms with E-state index in [0.29, 0.717) is 5.19 Å². The first-order chi connectivity index (χ1) is 17.5. The van der Waals surface area contributed by atoms with Gasteiger partial charge in [0, 0.05) is 55.3 Å². The summed E-state index contributed by atoms with van der Waals surface area (Å²) in [6, 6.07) is 8.07. The number of nitrogens with zero attached hydrogens (tertiary/aromatic N) is 5. The first-order valence-corrected chi connectivity index (χ1v) is 13.3. The number of rotatable bonds is 8. The maximum Gasteiger partial charge on any atom is 0.310 e. The van der Waals surface area contributed by atoms with Crippen molar-refractivity contribution in [2.45, 2.75) is 58.7 Å². The van der Waals surface area contributed by atoms with Crippen molar-refractivity contribution in [1.82, 2.24) is 19.5 Å². The molecule has 0 spiro atoms. The Labute approximate surface area is 214 Å². The molecule has 1 fully saturated rings. The van der Waals surface area contributed by atoms with E-state index in [1.807, 2.05) is 62.1 Å². The van der Waals surface area contributed by atoms with Gasteiger partial charge in [0.15, 0.2) is 5.82 Å². The van der Waals surface area contributed by atoms with Gasteiger partial charge in [-0.05, 0) is 49.6 Å². The highest BCUT2D eigenvalue weighted by Crippen LogP contribution is 2.28. The minimum absolute atomic E-state index is 0.108. The van der Waals surface area contributed by atoms with Gasteiger partial charge in [-0.2, -0.15) is 4.98 Å². The highest BCUT2D eigenvalue weighted by Gasteiger charge is 2.23. The topological polar surface area (TPSA) is 82.4 Å². The third-order valence-corrected chi connectivity index (χ3v) is 7.00. The van der Waals surface area contributed by atoms with Crippen LogP contribution in [-0.4, -0.2) is 50.8 Å². The molecule has 36 heavy (non-hydrogen) atoms. The lowest BCUT2D eigenvalue weighted by atomic mass is 10.1. The molecule has 0 amide bonds. The SMILES string of the molecule is CCc1cnc(N2CCC(Oc3nc(-n4ccc5cc(CC(=O)OC(C)C)ccc54)cs3)CC2)nc1. The number of fused-ring (bicyclic) bond motifs is 1. The fourth-order valence-corrected chi connectivity index (χ4v) is 5.11. The number of hydrogen-bond donors (Lipinski definition) is 0. The Balaban J connectivity index is 1.20. The summed E-state index contributed by atoms with van der Waals surface area (Å²) in [7, 11) is 0. The van der Waals surface area contributed by atoms with Crippen molar-refractivity contribution in [3.05, 3.63) is 59.4 Å². The molecule has 1 aromatic carbocycles. The van der Waals surface area contributed by atoms with Gasteiger partial charge >= 0.3 is 5.97 Å². The van der Waals surface area contributed by atoms with Gasteiger partial charge in [0.2, 0.25) is 5.95 Å². The van der Waals surface area contributed by atoms with Crippen LogP contribution in [0.1, 0.15) is 44.7 Å². The van der Waals surface area contributed by atoms with Crippen LogP contribution in [0, 0.1) is 0 Å². The molecule has 1 aliphatic rings. The standard InChI is InChI=1S/C27H31N5O3S/c1-4-19-15-28-26(29-16-19)31-10-8-22(9-11-31)35-27-30-24(17-36-27)32-12-7-21-13-20(5-6-23(21)32)14-25(33)34-18(2)3/h5-7,12-13,15-18,22H,4,8-11,14H2,1-3H3. The average molecular weight is 506 g/mol. The number of anilines is 1. The number of esters is 1. The van der Waals surface area contributed by atoms with Crippen LogP contribution in [0.5, 0.6) is 5.19 Å². The zero-order valence-corrected chi connectivity index (χ0v) is 21.7. The second-order valence-corrected chi connectivity index (χ2v) is 10.1. The monoisotopic (exact) mass is 505 g/mol. The number of thiazole rings is 1. The Morgan fingerprint density at radius 3 is 2.64 bits per heavy atom. The molecule has 5 rings (SSSR count). The molecule has 0 aliphatic carbocycles. The average Bonchev–Trinajstić information content (AvgIpc) is 3.50. The molecule has 9 heteroatoms. The van der Waals surface area contributed by atoms with E-state index in [-0.39, 0.29) is 24.6 Å². The summed E-state index contributed by atoms with van der Waals surface area (Å²) in [6.45, 7) is 7.55. The third-order valence-electron chi connectivity index (χ3n) is 6.28. The Morgan fingerprint density at radius 1 is 1.14 bits per heavy atom. The second-order valence-electron chi connectivity index (χ2n) is 9.32. The minimum atomic E-state index is -0.210. The molecule has 0 unspecified atom stereocenters. The van der Waals surface area contributed by atoms with Gasteiger partial charge in [0.25, 0.3) is 5.19 Å². The fourth-order valence-electron chi connectivity index (χ4n) is 4.40. The van der Waals surface area contributed by atoms with E-state index in [1.54, 1.807) is 0 Å². The van der Waals surface area contributed by atoms with E-state index in [2.05, 4.69) is 26.4 Å². The molecular formula is C27H31N5O3S. The number of benzene rings is 1. The van der Waals surface area contributed by atoms with Crippen molar-refractivity contribution < 1.29 is 14.3 Å². The molecule has 0 N–H and O–H groups in total. The zero-order chi connectivity index (χ0) is 25.1. The van der Waals surface area contributed by atoms with Gasteiger partial charge in [-0.1, -0.05) is 24.3 Å². The predicted octanol–water partition coefficient (Wildman–Crippen LogP) is 4.98. The van der Waals surface area contributed by atoms with Crippen molar-refractivity contribution in [2.75, 3.05) is 18.0 Å². The summed E-state index contributed by atoms with van der Waals surface area (Å²) in [5.41, 5.74) is 3.13. The summed E-state index contributed by atoms with van der Waals surface area (Å²) < 4.78 is 13.6. The summed E-state index contributed by atoms with van der Waals surface area (Å²) in [6.07, 6.45) is 8.87. The van der Waals surface area contributed by atoms with E-state index in [1.165, 1.54) is 11.3 Å². The number of ether oxygens (including phenoxy) is 2. The van der Waals surface area contributed by atoms with Gasteiger partial charge in [0.05, 0.1) is 18.0 Å². The van der Waals surface area contributed by atoms with Crippen LogP contribution >= 0.6 is 11.3 Å². The molecule has 8 nitrogen and oxygen atoms in total. The lowest BCUT2D eigenvalue weighted by Crippen LogP contribution is -2.39. The Morgan fingerprint density at radius 2 is 1.92 bits per heavy atom. The Bertz CT molecular complexity index is 1320. The van der Waals surface area contributed by atoms with Gasteiger partial charge in [0.1, 0.15) is 6.10 Å². The van der Waals surface area contributed by atoms with Gasteiger partial charge in [-0.25, -0.2) is 9.97 Å². The first kappa shape index (κ1) is 24.2. The largest absolute Gasteiger partial charge is 0.467 e. The lowest BCUT2D eigenvalue weighted by molar-refractivity contribution is -0.146. The number of carbonyl (C=O) groups is 1. The minimum Gasteiger partial charge on any atom is -0.467 e. The van der Waals surface area contributed by atoms with Gasteiger partial charge < -0.3 is 18.9 Å². The smallest absolute Gasteiger partial charge is 0.310 e. The maximum atomic E-state index is 12.0. The fraction of sp³-hybridized carbons (Fsp3) is 0.407. The summed E-state index contributed by atoms with van der Waals surface area (Å²) in [5.74, 6) is 1.42. The van der Waals surface area contributed by atoms with Gasteiger partial charge in [-0.15, -0.1) is 0 Å². The quantitative estimate of drug-likeness (QED) is 0.312. The second kappa shape index (κ2) is 10.7. The van der Waals surface area contributed by atoms with Crippen molar-refractivity contribution in [1.29, 1.82) is 0 Å². The van der Waals surface area contributed by atoms with E-state index in [0.717, 1.165) is 66.1 Å². The molecular weight excluding hydrogens is 474 g/mol. The van der Waals surface area contributed by atoms with E-state index >= 15 is 0 Å². The third kappa shape index (κ3) is 5.51. The Hall–Kier alpha value is -3.46. The molecule has 3 aromatic heterocycles. The molecule has 0 atom stereocenters. The number of aromatic nitrogens is 4. The number of hydrogen-bond acceptors (Lipinski definition) is 8. The predicted molar refractivity (Wildman–Crippen MR) is 141 cm³/mol. The first-order valence-electron chi connectivity index (χ1n) is 12.5. The molecule has 1 aliphatic heterocycles. The van der Waals surface area contributed by atoms with E-state index in [4.69, 9.17) is 14.5 Å². The van der Waals surface area contributed by atoms with Crippen LogP contribution in [0.2, 0.25) is 0 Å². The highest BCUT2D eigenvalue weighted by molar-refractivity contribution is 7.11. The number of carbonyl (C=O) groups excluding carboxylic acids is 1. The summed E-state index contributed by atoms with van der Waals surface area (Å²) >= 11 is 1.51. The van der Waals surface area contributed by atoms with Crippen molar-refractivity contribution >= 4 is 34.2 Å². The Kier molecular flexibility index (Phi) is 7.18. The van der Waals surface area contributed by atoms with Crippen LogP contribution in [-0.2, 0) is 22.4 Å². The van der Waals surface area contributed by atoms with Crippen molar-refractivity contribution in [3.8, 4) is 11.0 Å². The lowest BCUT2D eigenvalue weighted by Gasteiger charge is -2.31. The summed E-state index contributed by atoms with van der Waals surface area (Å²) in [4.78, 5) is 28.0. The maximum absolute atomic E-state index is 12.0. The number of aryl methyl sites for hydroxylation is 1. The highest BCUT2D eigenvalue weighted by atomic mass is 32.1.